The van der Waals surface area contributed by atoms with Gasteiger partial charge in [-0.25, -0.2) is 0 Å². The Morgan fingerprint density at radius 3 is 2.34 bits per heavy atom. The van der Waals surface area contributed by atoms with Crippen LogP contribution in [-0.2, 0) is 20.9 Å². The number of benzene rings is 3. The lowest BCUT2D eigenvalue weighted by molar-refractivity contribution is -0.136. The Morgan fingerprint density at radius 1 is 1.00 bits per heavy atom. The molecule has 0 amide bonds. The highest BCUT2D eigenvalue weighted by Crippen LogP contribution is 2.32. The molecule has 5 rings (SSSR count). The number of carbonyl (C=O) groups is 2. The molecule has 1 unspecified atom stereocenters. The van der Waals surface area contributed by atoms with Crippen molar-refractivity contribution in [3.63, 3.8) is 0 Å². The molecule has 1 aliphatic rings. The topological polar surface area (TPSA) is 72.8 Å². The molecular formula is C28H29N3O4. The number of hydroxylamine groups is 1. The van der Waals surface area contributed by atoms with Crippen molar-refractivity contribution in [2.45, 2.75) is 26.4 Å². The second-order valence-electron chi connectivity index (χ2n) is 8.78. The van der Waals surface area contributed by atoms with Gasteiger partial charge in [0.05, 0.1) is 19.3 Å². The van der Waals surface area contributed by atoms with E-state index in [1.54, 1.807) is 0 Å². The van der Waals surface area contributed by atoms with Gasteiger partial charge in [-0.2, -0.15) is 0 Å². The summed E-state index contributed by atoms with van der Waals surface area (Å²) in [6.07, 6.45) is 0. The molecule has 2 heterocycles. The van der Waals surface area contributed by atoms with Crippen molar-refractivity contribution < 1.29 is 19.2 Å². The van der Waals surface area contributed by atoms with E-state index >= 15 is 0 Å². The van der Waals surface area contributed by atoms with Crippen molar-refractivity contribution in [1.82, 2.24) is 10.0 Å². The van der Waals surface area contributed by atoms with Crippen LogP contribution in [0.1, 0.15) is 41.4 Å². The molecular weight excluding hydrogens is 442 g/mol. The second-order valence-corrected chi connectivity index (χ2v) is 8.78. The Morgan fingerprint density at radius 2 is 1.66 bits per heavy atom. The predicted molar refractivity (Wildman–Crippen MR) is 137 cm³/mol. The molecule has 1 aliphatic heterocycles. The van der Waals surface area contributed by atoms with E-state index in [0.717, 1.165) is 65.9 Å². The summed E-state index contributed by atoms with van der Waals surface area (Å²) in [6, 6.07) is 19.8. The number of carbonyl (C=O) groups excluding carboxylic acids is 2. The standard InChI is InChI=1S/C28H29N3O4/c1-3-31-26-10-6-21(19(2)29-35-18-32)16-24(26)25-17-22(7-11-27(25)31)28(33)20-4-8-23(9-5-20)30-12-14-34-15-13-30/h4-11,16-19,29H,3,12-15H2,1-2H3. The Kier molecular flexibility index (Phi) is 6.53. The fourth-order valence-electron chi connectivity index (χ4n) is 4.88. The summed E-state index contributed by atoms with van der Waals surface area (Å²) in [5.74, 6) is 0.00315. The number of aromatic nitrogens is 1. The average molecular weight is 472 g/mol. The van der Waals surface area contributed by atoms with Gasteiger partial charge in [-0.05, 0) is 74.0 Å². The molecule has 0 bridgehead atoms. The van der Waals surface area contributed by atoms with Gasteiger partial charge in [0, 0.05) is 58.3 Å². The highest BCUT2D eigenvalue weighted by Gasteiger charge is 2.17. The normalized spacial score (nSPS) is 14.9. The van der Waals surface area contributed by atoms with Crippen LogP contribution in [0.2, 0.25) is 0 Å². The van der Waals surface area contributed by atoms with Crippen LogP contribution >= 0.6 is 0 Å². The largest absolute Gasteiger partial charge is 0.378 e. The van der Waals surface area contributed by atoms with Crippen molar-refractivity contribution >= 4 is 39.7 Å². The first-order valence-electron chi connectivity index (χ1n) is 12.0. The number of anilines is 1. The molecule has 1 N–H and O–H groups in total. The maximum absolute atomic E-state index is 13.4. The number of nitrogens with zero attached hydrogens (tertiary/aromatic N) is 2. The minimum Gasteiger partial charge on any atom is -0.378 e. The van der Waals surface area contributed by atoms with Gasteiger partial charge < -0.3 is 19.0 Å². The lowest BCUT2D eigenvalue weighted by Gasteiger charge is -2.28. The Bertz CT molecular complexity index is 1370. The summed E-state index contributed by atoms with van der Waals surface area (Å²) >= 11 is 0. The van der Waals surface area contributed by atoms with E-state index in [1.165, 1.54) is 0 Å². The zero-order chi connectivity index (χ0) is 24.4. The van der Waals surface area contributed by atoms with Crippen LogP contribution in [-0.4, -0.2) is 43.1 Å². The number of fused-ring (bicyclic) bond motifs is 3. The predicted octanol–water partition coefficient (Wildman–Crippen LogP) is 4.62. The van der Waals surface area contributed by atoms with E-state index in [1.807, 2.05) is 55.5 Å². The van der Waals surface area contributed by atoms with Crippen molar-refractivity contribution in [3.8, 4) is 0 Å². The van der Waals surface area contributed by atoms with Gasteiger partial charge in [-0.1, -0.05) is 6.07 Å². The zero-order valence-electron chi connectivity index (χ0n) is 20.0. The molecule has 180 valence electrons. The lowest BCUT2D eigenvalue weighted by Crippen LogP contribution is -2.36. The van der Waals surface area contributed by atoms with E-state index in [-0.39, 0.29) is 11.8 Å². The summed E-state index contributed by atoms with van der Waals surface area (Å²) < 4.78 is 7.68. The van der Waals surface area contributed by atoms with Crippen LogP contribution in [0.25, 0.3) is 21.8 Å². The van der Waals surface area contributed by atoms with Crippen molar-refractivity contribution in [1.29, 1.82) is 0 Å². The smallest absolute Gasteiger partial charge is 0.312 e. The van der Waals surface area contributed by atoms with Gasteiger partial charge in [0.2, 0.25) is 0 Å². The van der Waals surface area contributed by atoms with Gasteiger partial charge >= 0.3 is 6.47 Å². The van der Waals surface area contributed by atoms with Crippen LogP contribution in [0, 0.1) is 0 Å². The van der Waals surface area contributed by atoms with Gasteiger partial charge in [0.25, 0.3) is 0 Å². The number of morpholine rings is 1. The first-order valence-corrected chi connectivity index (χ1v) is 12.0. The first kappa shape index (κ1) is 23.1. The fourth-order valence-corrected chi connectivity index (χ4v) is 4.88. The third-order valence-electron chi connectivity index (χ3n) is 6.77. The number of hydrogen-bond donors (Lipinski definition) is 1. The van der Waals surface area contributed by atoms with Gasteiger partial charge in [-0.3, -0.25) is 9.59 Å². The highest BCUT2D eigenvalue weighted by molar-refractivity contribution is 6.14. The van der Waals surface area contributed by atoms with E-state index in [2.05, 4.69) is 34.0 Å². The summed E-state index contributed by atoms with van der Waals surface area (Å²) in [4.78, 5) is 31.0. The molecule has 0 saturated carbocycles. The molecule has 1 aromatic heterocycles. The van der Waals surface area contributed by atoms with E-state index < -0.39 is 0 Å². The van der Waals surface area contributed by atoms with Gasteiger partial charge in [0.15, 0.2) is 5.78 Å². The van der Waals surface area contributed by atoms with Crippen molar-refractivity contribution in [2.75, 3.05) is 31.2 Å². The number of ketones is 1. The summed E-state index contributed by atoms with van der Waals surface area (Å²) in [5, 5.41) is 2.10. The lowest BCUT2D eigenvalue weighted by atomic mass is 9.99. The van der Waals surface area contributed by atoms with Crippen LogP contribution in [0.4, 0.5) is 5.69 Å². The van der Waals surface area contributed by atoms with E-state index in [9.17, 15) is 9.59 Å². The molecule has 0 aliphatic carbocycles. The molecule has 7 nitrogen and oxygen atoms in total. The fraction of sp³-hybridized carbons (Fsp3) is 0.286. The zero-order valence-corrected chi connectivity index (χ0v) is 20.0. The molecule has 4 aromatic rings. The Balaban J connectivity index is 1.50. The molecule has 0 spiro atoms. The van der Waals surface area contributed by atoms with Crippen LogP contribution in [0.3, 0.4) is 0 Å². The quantitative estimate of drug-likeness (QED) is 0.230. The molecule has 1 saturated heterocycles. The van der Waals surface area contributed by atoms with Crippen molar-refractivity contribution in [2.24, 2.45) is 0 Å². The highest BCUT2D eigenvalue weighted by atomic mass is 16.7. The summed E-state index contributed by atoms with van der Waals surface area (Å²) in [6.45, 7) is 8.43. The molecule has 0 radical (unpaired) electrons. The minimum absolute atomic E-state index is 0.00315. The molecule has 1 fully saturated rings. The summed E-state index contributed by atoms with van der Waals surface area (Å²) in [7, 11) is 0. The van der Waals surface area contributed by atoms with Crippen LogP contribution in [0.15, 0.2) is 60.7 Å². The maximum atomic E-state index is 13.4. The maximum Gasteiger partial charge on any atom is 0.312 e. The molecule has 35 heavy (non-hydrogen) atoms. The average Bonchev–Trinajstić information content (AvgIpc) is 3.24. The van der Waals surface area contributed by atoms with E-state index in [4.69, 9.17) is 9.57 Å². The van der Waals surface area contributed by atoms with E-state index in [0.29, 0.717) is 17.6 Å². The monoisotopic (exact) mass is 471 g/mol. The molecule has 3 aromatic carbocycles. The van der Waals surface area contributed by atoms with Gasteiger partial charge in [0.1, 0.15) is 0 Å². The third-order valence-corrected chi connectivity index (χ3v) is 6.77. The summed E-state index contributed by atoms with van der Waals surface area (Å²) in [5.41, 5.74) is 8.35. The first-order chi connectivity index (χ1) is 17.1. The number of hydrogen-bond acceptors (Lipinski definition) is 6. The number of nitrogens with one attached hydrogen (secondary N) is 1. The van der Waals surface area contributed by atoms with Crippen LogP contribution < -0.4 is 10.4 Å². The number of aryl methyl sites for hydroxylation is 1. The van der Waals surface area contributed by atoms with Gasteiger partial charge in [-0.15, -0.1) is 5.48 Å². The SMILES string of the molecule is CCn1c2ccc(C(=O)c3ccc(N4CCOCC4)cc3)cc2c2cc(C(C)NOC=O)ccc21. The van der Waals surface area contributed by atoms with Crippen molar-refractivity contribution in [3.05, 3.63) is 77.4 Å². The second kappa shape index (κ2) is 9.90. The number of rotatable bonds is 8. The molecule has 1 atom stereocenters. The third kappa shape index (κ3) is 4.40. The number of ether oxygens (including phenoxy) is 1. The minimum atomic E-state index is -0.167. The van der Waals surface area contributed by atoms with Crippen LogP contribution in [0.5, 0.6) is 0 Å². The molecule has 7 heteroatoms. The Hall–Kier alpha value is -3.68. The Labute approximate surface area is 204 Å².